The van der Waals surface area contributed by atoms with Gasteiger partial charge in [-0.1, -0.05) is 17.7 Å². The minimum Gasteiger partial charge on any atom is -0.305 e. The summed E-state index contributed by atoms with van der Waals surface area (Å²) < 4.78 is 13.5. The molecule has 0 atom stereocenters. The van der Waals surface area contributed by atoms with Crippen LogP contribution in [0.4, 0.5) is 10.2 Å². The highest BCUT2D eigenvalue weighted by Crippen LogP contribution is 2.12. The van der Waals surface area contributed by atoms with Crippen LogP contribution in [0.2, 0.25) is 5.15 Å². The van der Waals surface area contributed by atoms with Crippen molar-refractivity contribution in [3.63, 3.8) is 0 Å². The second-order valence-corrected chi connectivity index (χ2v) is 4.05. The van der Waals surface area contributed by atoms with Gasteiger partial charge < -0.3 is 5.32 Å². The molecule has 2 rings (SSSR count). The smallest absolute Gasteiger partial charge is 0.259 e. The molecule has 1 aromatic carbocycles. The number of aryl methyl sites for hydroxylation is 1. The number of hydrogen-bond acceptors (Lipinski definition) is 3. The van der Waals surface area contributed by atoms with Crippen molar-refractivity contribution in [1.82, 2.24) is 9.97 Å². The van der Waals surface area contributed by atoms with E-state index in [2.05, 4.69) is 15.3 Å². The van der Waals surface area contributed by atoms with Crippen LogP contribution in [-0.2, 0) is 0 Å². The number of anilines is 1. The van der Waals surface area contributed by atoms with E-state index in [0.29, 0.717) is 0 Å². The largest absolute Gasteiger partial charge is 0.305 e. The number of nitrogens with one attached hydrogen (secondary N) is 1. The van der Waals surface area contributed by atoms with Crippen LogP contribution in [-0.4, -0.2) is 15.9 Å². The van der Waals surface area contributed by atoms with Gasteiger partial charge >= 0.3 is 0 Å². The standard InChI is InChI=1S/C12H9ClFN3O/c1-7-2-3-8(9(14)4-7)12(18)17-11-6-15-10(13)5-16-11/h2-6H,1H3,(H,16,17,18). The van der Waals surface area contributed by atoms with Crippen LogP contribution >= 0.6 is 11.6 Å². The van der Waals surface area contributed by atoms with Crippen molar-refractivity contribution in [2.45, 2.75) is 6.92 Å². The van der Waals surface area contributed by atoms with Gasteiger partial charge in [-0.3, -0.25) is 4.79 Å². The van der Waals surface area contributed by atoms with Crippen LogP contribution in [0.15, 0.2) is 30.6 Å². The van der Waals surface area contributed by atoms with Gasteiger partial charge in [-0.05, 0) is 24.6 Å². The number of aromatic nitrogens is 2. The number of rotatable bonds is 2. The van der Waals surface area contributed by atoms with Crippen molar-refractivity contribution >= 4 is 23.3 Å². The van der Waals surface area contributed by atoms with Gasteiger partial charge in [0.2, 0.25) is 0 Å². The molecule has 0 fully saturated rings. The van der Waals surface area contributed by atoms with Crippen LogP contribution < -0.4 is 5.32 Å². The summed E-state index contributed by atoms with van der Waals surface area (Å²) >= 11 is 5.56. The van der Waals surface area contributed by atoms with E-state index in [9.17, 15) is 9.18 Å². The Balaban J connectivity index is 2.19. The molecule has 0 unspecified atom stereocenters. The summed E-state index contributed by atoms with van der Waals surface area (Å²) in [5, 5.41) is 2.65. The first-order valence-electron chi connectivity index (χ1n) is 5.11. The molecule has 1 amide bonds. The van der Waals surface area contributed by atoms with E-state index in [1.54, 1.807) is 13.0 Å². The van der Waals surface area contributed by atoms with Crippen LogP contribution in [0.3, 0.4) is 0 Å². The van der Waals surface area contributed by atoms with Crippen molar-refractivity contribution in [3.8, 4) is 0 Å². The van der Waals surface area contributed by atoms with E-state index in [-0.39, 0.29) is 16.5 Å². The van der Waals surface area contributed by atoms with Crippen LogP contribution in [0.1, 0.15) is 15.9 Å². The first-order chi connectivity index (χ1) is 8.56. The van der Waals surface area contributed by atoms with Crippen molar-refractivity contribution in [2.24, 2.45) is 0 Å². The Hall–Kier alpha value is -2.01. The van der Waals surface area contributed by atoms with Gasteiger partial charge in [-0.2, -0.15) is 0 Å². The Kier molecular flexibility index (Phi) is 3.53. The summed E-state index contributed by atoms with van der Waals surface area (Å²) in [6, 6.07) is 4.37. The Morgan fingerprint density at radius 3 is 2.72 bits per heavy atom. The van der Waals surface area contributed by atoms with E-state index in [4.69, 9.17) is 11.6 Å². The number of carbonyl (C=O) groups excluding carboxylic acids is 1. The molecule has 2 aromatic rings. The van der Waals surface area contributed by atoms with E-state index in [1.165, 1.54) is 24.5 Å². The molecule has 1 heterocycles. The monoisotopic (exact) mass is 265 g/mol. The predicted molar refractivity (Wildman–Crippen MR) is 66.1 cm³/mol. The predicted octanol–water partition coefficient (Wildman–Crippen LogP) is 2.83. The minimum atomic E-state index is -0.580. The third kappa shape index (κ3) is 2.81. The second kappa shape index (κ2) is 5.10. The molecule has 0 aliphatic heterocycles. The van der Waals surface area contributed by atoms with Gasteiger partial charge in [-0.15, -0.1) is 0 Å². The average Bonchev–Trinajstić information content (AvgIpc) is 2.32. The number of benzene rings is 1. The second-order valence-electron chi connectivity index (χ2n) is 3.66. The fourth-order valence-electron chi connectivity index (χ4n) is 1.36. The Labute approximate surface area is 108 Å². The lowest BCUT2D eigenvalue weighted by molar-refractivity contribution is 0.102. The van der Waals surface area contributed by atoms with Gasteiger partial charge in [0.05, 0.1) is 18.0 Å². The molecular weight excluding hydrogens is 257 g/mol. The Bertz CT molecular complexity index is 586. The fourth-order valence-corrected chi connectivity index (χ4v) is 1.46. The van der Waals surface area contributed by atoms with Gasteiger partial charge in [0.25, 0.3) is 5.91 Å². The average molecular weight is 266 g/mol. The maximum absolute atomic E-state index is 13.5. The molecule has 92 valence electrons. The molecule has 0 spiro atoms. The number of halogens is 2. The third-order valence-corrected chi connectivity index (χ3v) is 2.43. The maximum atomic E-state index is 13.5. The summed E-state index contributed by atoms with van der Waals surface area (Å²) in [5.41, 5.74) is 0.702. The highest BCUT2D eigenvalue weighted by Gasteiger charge is 2.12. The van der Waals surface area contributed by atoms with Gasteiger partial charge in [0.1, 0.15) is 11.0 Å². The lowest BCUT2D eigenvalue weighted by Gasteiger charge is -2.05. The van der Waals surface area contributed by atoms with Crippen molar-refractivity contribution < 1.29 is 9.18 Å². The van der Waals surface area contributed by atoms with Crippen LogP contribution in [0.5, 0.6) is 0 Å². The molecule has 6 heteroatoms. The summed E-state index contributed by atoms with van der Waals surface area (Å²) in [7, 11) is 0. The van der Waals surface area contributed by atoms with Crippen molar-refractivity contribution in [2.75, 3.05) is 5.32 Å². The zero-order valence-corrected chi connectivity index (χ0v) is 10.2. The molecule has 0 aliphatic rings. The molecule has 0 aliphatic carbocycles. The summed E-state index contributed by atoms with van der Waals surface area (Å²) in [5.74, 6) is -0.942. The van der Waals surface area contributed by atoms with Gasteiger partial charge in [0.15, 0.2) is 5.82 Å². The number of carbonyl (C=O) groups is 1. The van der Waals surface area contributed by atoms with Crippen molar-refractivity contribution in [1.29, 1.82) is 0 Å². The molecule has 0 bridgehead atoms. The highest BCUT2D eigenvalue weighted by molar-refractivity contribution is 6.29. The van der Waals surface area contributed by atoms with Gasteiger partial charge in [-0.25, -0.2) is 14.4 Å². The summed E-state index contributed by atoms with van der Waals surface area (Å²) in [6.45, 7) is 1.75. The summed E-state index contributed by atoms with van der Waals surface area (Å²) in [6.07, 6.45) is 2.59. The molecule has 18 heavy (non-hydrogen) atoms. The first kappa shape index (κ1) is 12.4. The molecule has 0 saturated heterocycles. The quantitative estimate of drug-likeness (QED) is 0.908. The Morgan fingerprint density at radius 2 is 2.11 bits per heavy atom. The third-order valence-electron chi connectivity index (χ3n) is 2.23. The maximum Gasteiger partial charge on any atom is 0.259 e. The van der Waals surface area contributed by atoms with Crippen LogP contribution in [0.25, 0.3) is 0 Å². The van der Waals surface area contributed by atoms with E-state index >= 15 is 0 Å². The zero-order valence-electron chi connectivity index (χ0n) is 9.45. The van der Waals surface area contributed by atoms with Crippen molar-refractivity contribution in [3.05, 3.63) is 52.7 Å². The van der Waals surface area contributed by atoms with Gasteiger partial charge in [0, 0.05) is 0 Å². The molecular formula is C12H9ClFN3O. The SMILES string of the molecule is Cc1ccc(C(=O)Nc2cnc(Cl)cn2)c(F)c1. The fraction of sp³-hybridized carbons (Fsp3) is 0.0833. The number of hydrogen-bond donors (Lipinski definition) is 1. The zero-order chi connectivity index (χ0) is 13.1. The Morgan fingerprint density at radius 1 is 1.33 bits per heavy atom. The molecule has 1 N–H and O–H groups in total. The molecule has 0 radical (unpaired) electrons. The molecule has 1 aromatic heterocycles. The molecule has 4 nitrogen and oxygen atoms in total. The first-order valence-corrected chi connectivity index (χ1v) is 5.49. The lowest BCUT2D eigenvalue weighted by atomic mass is 10.1. The topological polar surface area (TPSA) is 54.9 Å². The molecule has 0 saturated carbocycles. The van der Waals surface area contributed by atoms with E-state index in [0.717, 1.165) is 5.56 Å². The normalized spacial score (nSPS) is 10.2. The van der Waals surface area contributed by atoms with Crippen LogP contribution in [0, 0.1) is 12.7 Å². The number of amides is 1. The lowest BCUT2D eigenvalue weighted by Crippen LogP contribution is -2.14. The van der Waals surface area contributed by atoms with E-state index < -0.39 is 11.7 Å². The minimum absolute atomic E-state index is 0.0441. The number of nitrogens with zero attached hydrogens (tertiary/aromatic N) is 2. The highest BCUT2D eigenvalue weighted by atomic mass is 35.5. The van der Waals surface area contributed by atoms with E-state index in [1.807, 2.05) is 0 Å². The summed E-state index contributed by atoms with van der Waals surface area (Å²) in [4.78, 5) is 19.4.